The van der Waals surface area contributed by atoms with E-state index in [1.165, 1.54) is 6.39 Å². The molecule has 0 aliphatic carbocycles. The largest absolute Gasteiger partial charge is 0.423 e. The molecule has 6 nitrogen and oxygen atoms in total. The number of aromatic nitrogens is 2. The van der Waals surface area contributed by atoms with Gasteiger partial charge in [0.2, 0.25) is 12.3 Å². The van der Waals surface area contributed by atoms with E-state index in [-0.39, 0.29) is 5.91 Å². The molecule has 1 aromatic carbocycles. The molecule has 0 spiro atoms. The van der Waals surface area contributed by atoms with Crippen molar-refractivity contribution in [3.8, 4) is 11.5 Å². The number of amides is 1. The third kappa shape index (κ3) is 2.48. The van der Waals surface area contributed by atoms with E-state index in [4.69, 9.17) is 4.42 Å². The van der Waals surface area contributed by atoms with Crippen LogP contribution in [0.1, 0.15) is 10.4 Å². The molecule has 1 fully saturated rings. The lowest BCUT2D eigenvalue weighted by Crippen LogP contribution is -2.46. The predicted molar refractivity (Wildman–Crippen MR) is 68.5 cm³/mol. The molecule has 1 N–H and O–H groups in total. The van der Waals surface area contributed by atoms with Crippen LogP contribution in [0.5, 0.6) is 0 Å². The number of carbonyl (C=O) groups is 1. The fourth-order valence-electron chi connectivity index (χ4n) is 2.10. The van der Waals surface area contributed by atoms with E-state index in [0.717, 1.165) is 31.7 Å². The number of nitrogens with zero attached hydrogens (tertiary/aromatic N) is 3. The molecule has 0 bridgehead atoms. The summed E-state index contributed by atoms with van der Waals surface area (Å²) < 4.78 is 5.11. The van der Waals surface area contributed by atoms with Crippen molar-refractivity contribution in [2.24, 2.45) is 0 Å². The number of piperazine rings is 1. The Balaban J connectivity index is 1.76. The Morgan fingerprint density at radius 1 is 1.21 bits per heavy atom. The number of hydrogen-bond donors (Lipinski definition) is 1. The monoisotopic (exact) mass is 258 g/mol. The Morgan fingerprint density at radius 2 is 1.95 bits per heavy atom. The maximum absolute atomic E-state index is 12.2. The lowest BCUT2D eigenvalue weighted by atomic mass is 10.1. The van der Waals surface area contributed by atoms with E-state index in [0.29, 0.717) is 11.5 Å². The van der Waals surface area contributed by atoms with Crippen LogP contribution in [0.2, 0.25) is 0 Å². The molecule has 1 saturated heterocycles. The van der Waals surface area contributed by atoms with Gasteiger partial charge in [-0.1, -0.05) is 0 Å². The first-order chi connectivity index (χ1) is 9.34. The van der Waals surface area contributed by atoms with Gasteiger partial charge >= 0.3 is 0 Å². The predicted octanol–water partition coefficient (Wildman–Crippen LogP) is 0.782. The van der Waals surface area contributed by atoms with Crippen molar-refractivity contribution in [1.82, 2.24) is 20.4 Å². The quantitative estimate of drug-likeness (QED) is 0.862. The molecular weight excluding hydrogens is 244 g/mol. The Kier molecular flexibility index (Phi) is 3.24. The van der Waals surface area contributed by atoms with E-state index >= 15 is 0 Å². The van der Waals surface area contributed by atoms with E-state index in [1.54, 1.807) is 12.1 Å². The number of benzene rings is 1. The van der Waals surface area contributed by atoms with Crippen LogP contribution in [0.4, 0.5) is 0 Å². The molecule has 98 valence electrons. The molecule has 1 aliphatic heterocycles. The van der Waals surface area contributed by atoms with Crippen molar-refractivity contribution in [2.75, 3.05) is 26.2 Å². The first-order valence-corrected chi connectivity index (χ1v) is 6.21. The lowest BCUT2D eigenvalue weighted by molar-refractivity contribution is 0.0736. The van der Waals surface area contributed by atoms with Crippen LogP contribution in [0.25, 0.3) is 11.5 Å². The van der Waals surface area contributed by atoms with Crippen molar-refractivity contribution >= 4 is 5.91 Å². The van der Waals surface area contributed by atoms with Gasteiger partial charge in [-0.2, -0.15) is 0 Å². The highest BCUT2D eigenvalue weighted by Crippen LogP contribution is 2.17. The molecule has 2 aromatic rings. The number of nitrogens with one attached hydrogen (secondary N) is 1. The third-order valence-electron chi connectivity index (χ3n) is 3.14. The van der Waals surface area contributed by atoms with Crippen LogP contribution in [0, 0.1) is 0 Å². The maximum atomic E-state index is 12.2. The number of rotatable bonds is 2. The summed E-state index contributed by atoms with van der Waals surface area (Å²) in [7, 11) is 0. The molecule has 3 rings (SSSR count). The standard InChI is InChI=1S/C13H14N4O2/c18-13(17-7-5-14-6-8-17)11-3-1-10(2-4-11)12-16-15-9-19-12/h1-4,9,14H,5-8H2. The zero-order valence-corrected chi connectivity index (χ0v) is 10.4. The van der Waals surface area contributed by atoms with Gasteiger partial charge in [-0.3, -0.25) is 4.79 Å². The summed E-state index contributed by atoms with van der Waals surface area (Å²) in [4.78, 5) is 14.1. The van der Waals surface area contributed by atoms with E-state index in [1.807, 2.05) is 17.0 Å². The Hall–Kier alpha value is -2.21. The van der Waals surface area contributed by atoms with Crippen molar-refractivity contribution in [2.45, 2.75) is 0 Å². The van der Waals surface area contributed by atoms with Crippen molar-refractivity contribution < 1.29 is 9.21 Å². The molecule has 0 unspecified atom stereocenters. The number of carbonyl (C=O) groups excluding carboxylic acids is 1. The first-order valence-electron chi connectivity index (χ1n) is 6.21. The van der Waals surface area contributed by atoms with Crippen LogP contribution in [-0.2, 0) is 0 Å². The van der Waals surface area contributed by atoms with Crippen molar-refractivity contribution in [3.63, 3.8) is 0 Å². The van der Waals surface area contributed by atoms with Gasteiger partial charge in [-0.15, -0.1) is 10.2 Å². The summed E-state index contributed by atoms with van der Waals surface area (Å²) in [5, 5.41) is 10.7. The van der Waals surface area contributed by atoms with Crippen LogP contribution in [0.15, 0.2) is 35.1 Å². The summed E-state index contributed by atoms with van der Waals surface area (Å²) >= 11 is 0. The summed E-state index contributed by atoms with van der Waals surface area (Å²) in [5.74, 6) is 0.528. The van der Waals surface area contributed by atoms with Crippen LogP contribution < -0.4 is 5.32 Å². The van der Waals surface area contributed by atoms with Crippen LogP contribution >= 0.6 is 0 Å². The second-order valence-electron chi connectivity index (χ2n) is 4.36. The normalized spacial score (nSPS) is 15.5. The third-order valence-corrected chi connectivity index (χ3v) is 3.14. The van der Waals surface area contributed by atoms with Gasteiger partial charge in [0.25, 0.3) is 5.91 Å². The molecular formula is C13H14N4O2. The highest BCUT2D eigenvalue weighted by atomic mass is 16.4. The van der Waals surface area contributed by atoms with E-state index in [9.17, 15) is 4.79 Å². The molecule has 19 heavy (non-hydrogen) atoms. The highest BCUT2D eigenvalue weighted by Gasteiger charge is 2.17. The molecule has 1 aromatic heterocycles. The van der Waals surface area contributed by atoms with Crippen molar-refractivity contribution in [1.29, 1.82) is 0 Å². The minimum absolute atomic E-state index is 0.0681. The van der Waals surface area contributed by atoms with Gasteiger partial charge in [-0.25, -0.2) is 0 Å². The van der Waals surface area contributed by atoms with Gasteiger partial charge in [-0.05, 0) is 24.3 Å². The SMILES string of the molecule is O=C(c1ccc(-c2nnco2)cc1)N1CCNCC1. The van der Waals surface area contributed by atoms with E-state index < -0.39 is 0 Å². The topological polar surface area (TPSA) is 71.3 Å². The minimum atomic E-state index is 0.0681. The maximum Gasteiger partial charge on any atom is 0.253 e. The molecule has 1 amide bonds. The average Bonchev–Trinajstić information content (AvgIpc) is 3.02. The summed E-state index contributed by atoms with van der Waals surface area (Å²) in [6.45, 7) is 3.21. The Labute approximate surface area is 110 Å². The summed E-state index contributed by atoms with van der Waals surface area (Å²) in [6.07, 6.45) is 1.29. The molecule has 0 atom stereocenters. The van der Waals surface area contributed by atoms with Gasteiger partial charge in [0.05, 0.1) is 0 Å². The second-order valence-corrected chi connectivity index (χ2v) is 4.36. The first kappa shape index (κ1) is 11.9. The molecule has 0 saturated carbocycles. The van der Waals surface area contributed by atoms with Gasteiger partial charge in [0.15, 0.2) is 0 Å². The molecule has 0 radical (unpaired) electrons. The lowest BCUT2D eigenvalue weighted by Gasteiger charge is -2.27. The molecule has 2 heterocycles. The smallest absolute Gasteiger partial charge is 0.253 e. The summed E-state index contributed by atoms with van der Waals surface area (Å²) in [6, 6.07) is 7.24. The fourth-order valence-corrected chi connectivity index (χ4v) is 2.10. The fraction of sp³-hybridized carbons (Fsp3) is 0.308. The number of hydrogen-bond acceptors (Lipinski definition) is 5. The van der Waals surface area contributed by atoms with Crippen LogP contribution in [-0.4, -0.2) is 47.2 Å². The zero-order valence-electron chi connectivity index (χ0n) is 10.4. The molecule has 1 aliphatic rings. The van der Waals surface area contributed by atoms with Crippen molar-refractivity contribution in [3.05, 3.63) is 36.2 Å². The minimum Gasteiger partial charge on any atom is -0.423 e. The van der Waals surface area contributed by atoms with Gasteiger partial charge in [0, 0.05) is 37.3 Å². The second kappa shape index (κ2) is 5.19. The molecule has 6 heteroatoms. The Bertz CT molecular complexity index is 545. The van der Waals surface area contributed by atoms with E-state index in [2.05, 4.69) is 15.5 Å². The zero-order chi connectivity index (χ0) is 13.1. The van der Waals surface area contributed by atoms with Crippen LogP contribution in [0.3, 0.4) is 0 Å². The van der Waals surface area contributed by atoms with Gasteiger partial charge in [0.1, 0.15) is 0 Å². The average molecular weight is 258 g/mol. The highest BCUT2D eigenvalue weighted by molar-refractivity contribution is 5.94. The van der Waals surface area contributed by atoms with Gasteiger partial charge < -0.3 is 14.6 Å². The summed E-state index contributed by atoms with van der Waals surface area (Å²) in [5.41, 5.74) is 1.50. The Morgan fingerprint density at radius 3 is 2.58 bits per heavy atom.